The molecule has 0 aliphatic heterocycles. The number of anilines is 1. The number of hydrogen-bond acceptors (Lipinski definition) is 4. The molecule has 0 atom stereocenters. The first-order valence-corrected chi connectivity index (χ1v) is 8.16. The van der Waals surface area contributed by atoms with E-state index in [1.807, 2.05) is 0 Å². The van der Waals surface area contributed by atoms with Gasteiger partial charge in [0.2, 0.25) is 0 Å². The van der Waals surface area contributed by atoms with E-state index >= 15 is 0 Å². The Balaban J connectivity index is 1.92. The zero-order valence-corrected chi connectivity index (χ0v) is 12.9. The fraction of sp³-hybridized carbons (Fsp3) is 0.688. The maximum Gasteiger partial charge on any atom is 0.271 e. The summed E-state index contributed by atoms with van der Waals surface area (Å²) in [5.74, 6) is 0.565. The van der Waals surface area contributed by atoms with E-state index in [1.165, 1.54) is 38.3 Å². The van der Waals surface area contributed by atoms with Crippen LogP contribution in [-0.2, 0) is 0 Å². The molecule has 1 aromatic heterocycles. The minimum atomic E-state index is -0.103. The Labute approximate surface area is 127 Å². The lowest BCUT2D eigenvalue weighted by Gasteiger charge is -2.20. The van der Waals surface area contributed by atoms with Crippen LogP contribution in [0.1, 0.15) is 68.8 Å². The highest BCUT2D eigenvalue weighted by Gasteiger charge is 2.16. The molecule has 21 heavy (non-hydrogen) atoms. The van der Waals surface area contributed by atoms with Crippen LogP contribution in [-0.4, -0.2) is 28.5 Å². The summed E-state index contributed by atoms with van der Waals surface area (Å²) >= 11 is 0. The third-order valence-electron chi connectivity index (χ3n) is 3.86. The van der Waals surface area contributed by atoms with Crippen LogP contribution in [0.3, 0.4) is 0 Å². The van der Waals surface area contributed by atoms with Gasteiger partial charge in [-0.05, 0) is 19.3 Å². The van der Waals surface area contributed by atoms with Gasteiger partial charge < -0.3 is 10.6 Å². The summed E-state index contributed by atoms with van der Waals surface area (Å²) in [7, 11) is 0. The standard InChI is InChI=1S/C16H26N4O/c1-2-10-18-15-12-17-11-14(20-15)16(21)19-13-8-6-4-3-5-7-9-13/h11-13H,2-10H2,1H3,(H,18,20)(H,19,21). The van der Waals surface area contributed by atoms with E-state index in [-0.39, 0.29) is 11.9 Å². The number of nitrogens with one attached hydrogen (secondary N) is 2. The van der Waals surface area contributed by atoms with E-state index in [0.717, 1.165) is 25.8 Å². The van der Waals surface area contributed by atoms with Crippen LogP contribution in [0.4, 0.5) is 5.82 Å². The molecule has 2 N–H and O–H groups in total. The van der Waals surface area contributed by atoms with Crippen molar-refractivity contribution >= 4 is 11.7 Å². The van der Waals surface area contributed by atoms with Gasteiger partial charge in [0.15, 0.2) is 0 Å². The van der Waals surface area contributed by atoms with Gasteiger partial charge in [0.1, 0.15) is 11.5 Å². The summed E-state index contributed by atoms with van der Waals surface area (Å²) in [6.07, 6.45) is 12.7. The van der Waals surface area contributed by atoms with Gasteiger partial charge in [-0.1, -0.05) is 39.0 Å². The predicted octanol–water partition coefficient (Wildman–Crippen LogP) is 3.14. The third kappa shape index (κ3) is 5.33. The number of amides is 1. The number of hydrogen-bond donors (Lipinski definition) is 2. The minimum absolute atomic E-state index is 0.103. The molecular formula is C16H26N4O. The summed E-state index contributed by atoms with van der Waals surface area (Å²) in [6, 6.07) is 0.284. The van der Waals surface area contributed by atoms with E-state index < -0.39 is 0 Å². The first-order chi connectivity index (χ1) is 10.3. The summed E-state index contributed by atoms with van der Waals surface area (Å²) in [6.45, 7) is 2.92. The highest BCUT2D eigenvalue weighted by Crippen LogP contribution is 2.17. The van der Waals surface area contributed by atoms with Gasteiger partial charge in [-0.15, -0.1) is 0 Å². The number of carbonyl (C=O) groups is 1. The monoisotopic (exact) mass is 290 g/mol. The van der Waals surface area contributed by atoms with Crippen LogP contribution in [0.5, 0.6) is 0 Å². The van der Waals surface area contributed by atoms with Gasteiger partial charge in [-0.25, -0.2) is 4.98 Å². The molecule has 1 saturated carbocycles. The Morgan fingerprint density at radius 2 is 1.90 bits per heavy atom. The smallest absolute Gasteiger partial charge is 0.271 e. The lowest BCUT2D eigenvalue weighted by molar-refractivity contribution is 0.0925. The second-order valence-corrected chi connectivity index (χ2v) is 5.73. The van der Waals surface area contributed by atoms with Crippen molar-refractivity contribution in [1.29, 1.82) is 0 Å². The van der Waals surface area contributed by atoms with E-state index in [9.17, 15) is 4.79 Å². The van der Waals surface area contributed by atoms with Gasteiger partial charge in [0.25, 0.3) is 5.91 Å². The zero-order chi connectivity index (χ0) is 14.9. The molecule has 0 radical (unpaired) electrons. The third-order valence-corrected chi connectivity index (χ3v) is 3.86. The second kappa shape index (κ2) is 8.60. The van der Waals surface area contributed by atoms with Crippen molar-refractivity contribution in [2.45, 2.75) is 64.3 Å². The molecule has 116 valence electrons. The molecular weight excluding hydrogens is 264 g/mol. The van der Waals surface area contributed by atoms with Gasteiger partial charge in [-0.3, -0.25) is 9.78 Å². The maximum atomic E-state index is 12.3. The Bertz CT molecular complexity index is 442. The average molecular weight is 290 g/mol. The van der Waals surface area contributed by atoms with E-state index in [0.29, 0.717) is 11.5 Å². The summed E-state index contributed by atoms with van der Waals surface area (Å²) in [4.78, 5) is 20.7. The van der Waals surface area contributed by atoms with Crippen LogP contribution in [0, 0.1) is 0 Å². The molecule has 0 saturated heterocycles. The Kier molecular flexibility index (Phi) is 6.44. The number of carbonyl (C=O) groups excluding carboxylic acids is 1. The van der Waals surface area contributed by atoms with Crippen molar-refractivity contribution < 1.29 is 4.79 Å². The average Bonchev–Trinajstić information content (AvgIpc) is 2.48. The van der Waals surface area contributed by atoms with Crippen LogP contribution < -0.4 is 10.6 Å². The Morgan fingerprint density at radius 1 is 1.19 bits per heavy atom. The van der Waals surface area contributed by atoms with E-state index in [4.69, 9.17) is 0 Å². The fourth-order valence-electron chi connectivity index (χ4n) is 2.67. The molecule has 1 aromatic rings. The first-order valence-electron chi connectivity index (χ1n) is 8.16. The number of aromatic nitrogens is 2. The Hall–Kier alpha value is -1.65. The first kappa shape index (κ1) is 15.7. The molecule has 0 bridgehead atoms. The van der Waals surface area contributed by atoms with Gasteiger partial charge in [0.05, 0.1) is 12.4 Å². The van der Waals surface area contributed by atoms with Crippen molar-refractivity contribution in [3.63, 3.8) is 0 Å². The molecule has 1 amide bonds. The van der Waals surface area contributed by atoms with Crippen LogP contribution in [0.25, 0.3) is 0 Å². The molecule has 1 aliphatic rings. The highest BCUT2D eigenvalue weighted by atomic mass is 16.1. The van der Waals surface area contributed by atoms with Crippen LogP contribution >= 0.6 is 0 Å². The number of nitrogens with zero attached hydrogens (tertiary/aromatic N) is 2. The van der Waals surface area contributed by atoms with Gasteiger partial charge in [-0.2, -0.15) is 0 Å². The molecule has 0 aromatic carbocycles. The topological polar surface area (TPSA) is 66.9 Å². The van der Waals surface area contributed by atoms with Crippen molar-refractivity contribution in [3.05, 3.63) is 18.1 Å². The lowest BCUT2D eigenvalue weighted by Crippen LogP contribution is -2.35. The summed E-state index contributed by atoms with van der Waals surface area (Å²) < 4.78 is 0. The minimum Gasteiger partial charge on any atom is -0.369 e. The van der Waals surface area contributed by atoms with Crippen molar-refractivity contribution in [3.8, 4) is 0 Å². The predicted molar refractivity (Wildman–Crippen MR) is 84.4 cm³/mol. The maximum absolute atomic E-state index is 12.3. The van der Waals surface area contributed by atoms with Crippen LogP contribution in [0.2, 0.25) is 0 Å². The molecule has 0 spiro atoms. The highest BCUT2D eigenvalue weighted by molar-refractivity contribution is 5.92. The lowest BCUT2D eigenvalue weighted by atomic mass is 9.96. The normalized spacial score (nSPS) is 16.8. The molecule has 1 fully saturated rings. The quantitative estimate of drug-likeness (QED) is 0.874. The van der Waals surface area contributed by atoms with E-state index in [2.05, 4.69) is 27.5 Å². The molecule has 5 nitrogen and oxygen atoms in total. The van der Waals surface area contributed by atoms with Gasteiger partial charge >= 0.3 is 0 Å². The van der Waals surface area contributed by atoms with Crippen molar-refractivity contribution in [2.75, 3.05) is 11.9 Å². The van der Waals surface area contributed by atoms with E-state index in [1.54, 1.807) is 6.20 Å². The SMILES string of the molecule is CCCNc1cncc(C(=O)NC2CCCCCCC2)n1. The fourth-order valence-corrected chi connectivity index (χ4v) is 2.67. The summed E-state index contributed by atoms with van der Waals surface area (Å²) in [5, 5.41) is 6.27. The van der Waals surface area contributed by atoms with Crippen LogP contribution in [0.15, 0.2) is 12.4 Å². The molecule has 5 heteroatoms. The van der Waals surface area contributed by atoms with Gasteiger partial charge in [0, 0.05) is 12.6 Å². The van der Waals surface area contributed by atoms with Crippen molar-refractivity contribution in [1.82, 2.24) is 15.3 Å². The second-order valence-electron chi connectivity index (χ2n) is 5.73. The van der Waals surface area contributed by atoms with Crippen molar-refractivity contribution in [2.24, 2.45) is 0 Å². The molecule has 0 unspecified atom stereocenters. The number of rotatable bonds is 5. The largest absolute Gasteiger partial charge is 0.369 e. The molecule has 2 rings (SSSR count). The molecule has 1 aliphatic carbocycles. The molecule has 1 heterocycles. The summed E-state index contributed by atoms with van der Waals surface area (Å²) in [5.41, 5.74) is 0.401. The Morgan fingerprint density at radius 3 is 2.62 bits per heavy atom. The zero-order valence-electron chi connectivity index (χ0n) is 12.9.